The molecule has 150 valence electrons. The predicted molar refractivity (Wildman–Crippen MR) is 108 cm³/mol. The van der Waals surface area contributed by atoms with Gasteiger partial charge in [-0.1, -0.05) is 12.1 Å². The van der Waals surface area contributed by atoms with E-state index >= 15 is 0 Å². The molecule has 2 N–H and O–H groups in total. The standard InChI is InChI=1S/C21H28N4O3/c1-14-8-9-15(2)16(13-14)23-20(26)18-17-7-4-5-11-25(17)19(24-18)21(27)22-10-6-12-28-3/h8-9,13H,4-7,10-12H2,1-3H3,(H,22,27)(H,23,26). The van der Waals surface area contributed by atoms with Crippen LogP contribution < -0.4 is 10.6 Å². The average Bonchev–Trinajstić information content (AvgIpc) is 3.08. The Hall–Kier alpha value is -2.67. The predicted octanol–water partition coefficient (Wildman–Crippen LogP) is 2.85. The summed E-state index contributed by atoms with van der Waals surface area (Å²) in [4.78, 5) is 30.0. The molecule has 1 aromatic heterocycles. The van der Waals surface area contributed by atoms with Crippen molar-refractivity contribution in [1.29, 1.82) is 0 Å². The zero-order valence-electron chi connectivity index (χ0n) is 16.8. The number of aromatic nitrogens is 2. The molecule has 0 radical (unpaired) electrons. The number of imidazole rings is 1. The quantitative estimate of drug-likeness (QED) is 0.719. The fraction of sp³-hybridized carbons (Fsp3) is 0.476. The second-order valence-electron chi connectivity index (χ2n) is 7.21. The average molecular weight is 384 g/mol. The van der Waals surface area contributed by atoms with Crippen molar-refractivity contribution < 1.29 is 14.3 Å². The third kappa shape index (κ3) is 4.42. The second kappa shape index (κ2) is 9.01. The van der Waals surface area contributed by atoms with Gasteiger partial charge >= 0.3 is 0 Å². The molecule has 2 amide bonds. The summed E-state index contributed by atoms with van der Waals surface area (Å²) in [6, 6.07) is 5.93. The van der Waals surface area contributed by atoms with Crippen molar-refractivity contribution in [2.75, 3.05) is 25.6 Å². The van der Waals surface area contributed by atoms with Crippen LogP contribution in [0.3, 0.4) is 0 Å². The molecule has 7 nitrogen and oxygen atoms in total. The van der Waals surface area contributed by atoms with E-state index in [1.807, 2.05) is 36.6 Å². The molecule has 1 aromatic carbocycles. The number of methoxy groups -OCH3 is 1. The molecule has 0 saturated carbocycles. The lowest BCUT2D eigenvalue weighted by atomic mass is 10.1. The van der Waals surface area contributed by atoms with Gasteiger partial charge in [-0.15, -0.1) is 0 Å². The molecule has 0 unspecified atom stereocenters. The van der Waals surface area contributed by atoms with Crippen molar-refractivity contribution in [1.82, 2.24) is 14.9 Å². The topological polar surface area (TPSA) is 85.2 Å². The van der Waals surface area contributed by atoms with Crippen LogP contribution in [-0.2, 0) is 17.7 Å². The highest BCUT2D eigenvalue weighted by atomic mass is 16.5. The first kappa shape index (κ1) is 20.1. The molecule has 0 bridgehead atoms. The number of ether oxygens (including phenoxy) is 1. The molecule has 3 rings (SSSR count). The molecule has 1 aliphatic heterocycles. The summed E-state index contributed by atoms with van der Waals surface area (Å²) >= 11 is 0. The fourth-order valence-electron chi connectivity index (χ4n) is 3.45. The van der Waals surface area contributed by atoms with Gasteiger partial charge in [-0.25, -0.2) is 4.98 Å². The number of benzene rings is 1. The van der Waals surface area contributed by atoms with Crippen LogP contribution in [0.25, 0.3) is 0 Å². The van der Waals surface area contributed by atoms with E-state index in [-0.39, 0.29) is 11.8 Å². The molecule has 7 heteroatoms. The number of carbonyl (C=O) groups is 2. The zero-order valence-corrected chi connectivity index (χ0v) is 16.8. The maximum Gasteiger partial charge on any atom is 0.287 e. The zero-order chi connectivity index (χ0) is 20.1. The van der Waals surface area contributed by atoms with Crippen LogP contribution in [0.2, 0.25) is 0 Å². The Labute approximate surface area is 165 Å². The number of fused-ring (bicyclic) bond motifs is 1. The maximum atomic E-state index is 12.9. The highest BCUT2D eigenvalue weighted by Gasteiger charge is 2.27. The van der Waals surface area contributed by atoms with E-state index in [2.05, 4.69) is 15.6 Å². The summed E-state index contributed by atoms with van der Waals surface area (Å²) in [5.74, 6) is -0.193. The van der Waals surface area contributed by atoms with Crippen LogP contribution in [0, 0.1) is 13.8 Å². The Balaban J connectivity index is 1.83. The van der Waals surface area contributed by atoms with Gasteiger partial charge in [0.25, 0.3) is 11.8 Å². The van der Waals surface area contributed by atoms with Crippen LogP contribution in [0.1, 0.15) is 57.2 Å². The van der Waals surface area contributed by atoms with Crippen LogP contribution >= 0.6 is 0 Å². The molecule has 28 heavy (non-hydrogen) atoms. The molecule has 2 heterocycles. The first-order valence-electron chi connectivity index (χ1n) is 9.76. The van der Waals surface area contributed by atoms with Gasteiger partial charge in [-0.3, -0.25) is 9.59 Å². The molecular weight excluding hydrogens is 356 g/mol. The van der Waals surface area contributed by atoms with E-state index in [1.54, 1.807) is 7.11 Å². The van der Waals surface area contributed by atoms with E-state index in [1.165, 1.54) is 0 Å². The van der Waals surface area contributed by atoms with Crippen LogP contribution in [-0.4, -0.2) is 41.6 Å². The number of nitrogens with one attached hydrogen (secondary N) is 2. The van der Waals surface area contributed by atoms with E-state index in [0.29, 0.717) is 31.2 Å². The van der Waals surface area contributed by atoms with Gasteiger partial charge in [0, 0.05) is 32.5 Å². The van der Waals surface area contributed by atoms with Gasteiger partial charge in [-0.2, -0.15) is 0 Å². The van der Waals surface area contributed by atoms with Crippen LogP contribution in [0.5, 0.6) is 0 Å². The lowest BCUT2D eigenvalue weighted by Gasteiger charge is -2.17. The van der Waals surface area contributed by atoms with Crippen LogP contribution in [0.15, 0.2) is 18.2 Å². The normalized spacial score (nSPS) is 13.1. The Bertz CT molecular complexity index is 873. The summed E-state index contributed by atoms with van der Waals surface area (Å²) in [6.07, 6.45) is 3.45. The van der Waals surface area contributed by atoms with Gasteiger partial charge in [0.15, 0.2) is 11.5 Å². The molecule has 0 spiro atoms. The number of nitrogens with zero attached hydrogens (tertiary/aromatic N) is 2. The van der Waals surface area contributed by atoms with E-state index < -0.39 is 0 Å². The molecule has 0 saturated heterocycles. The SMILES string of the molecule is COCCCNC(=O)c1nc(C(=O)Nc2cc(C)ccc2C)c2n1CCCC2. The van der Waals surface area contributed by atoms with E-state index in [9.17, 15) is 9.59 Å². The summed E-state index contributed by atoms with van der Waals surface area (Å²) in [6.45, 7) is 5.75. The number of amides is 2. The Kier molecular flexibility index (Phi) is 6.46. The number of hydrogen-bond donors (Lipinski definition) is 2. The summed E-state index contributed by atoms with van der Waals surface area (Å²) < 4.78 is 6.90. The van der Waals surface area contributed by atoms with Gasteiger partial charge in [0.2, 0.25) is 0 Å². The third-order valence-electron chi connectivity index (χ3n) is 4.99. The Morgan fingerprint density at radius 1 is 1.21 bits per heavy atom. The minimum absolute atomic E-state index is 0.245. The lowest BCUT2D eigenvalue weighted by molar-refractivity contribution is 0.0932. The van der Waals surface area contributed by atoms with E-state index in [4.69, 9.17) is 4.74 Å². The molecule has 0 atom stereocenters. The first-order chi connectivity index (χ1) is 13.5. The third-order valence-corrected chi connectivity index (χ3v) is 4.99. The number of carbonyl (C=O) groups excluding carboxylic acids is 2. The lowest BCUT2D eigenvalue weighted by Crippen LogP contribution is -2.29. The summed E-state index contributed by atoms with van der Waals surface area (Å²) in [7, 11) is 1.63. The monoisotopic (exact) mass is 384 g/mol. The van der Waals surface area contributed by atoms with Gasteiger partial charge in [-0.05, 0) is 56.7 Å². The minimum atomic E-state index is -0.266. The molecular formula is C21H28N4O3. The largest absolute Gasteiger partial charge is 0.385 e. The maximum absolute atomic E-state index is 12.9. The highest BCUT2D eigenvalue weighted by Crippen LogP contribution is 2.23. The van der Waals surface area contributed by atoms with Gasteiger partial charge in [0.1, 0.15) is 0 Å². The van der Waals surface area contributed by atoms with E-state index in [0.717, 1.165) is 48.2 Å². The van der Waals surface area contributed by atoms with Gasteiger partial charge < -0.3 is 19.9 Å². The van der Waals surface area contributed by atoms with Crippen molar-refractivity contribution in [3.8, 4) is 0 Å². The number of hydrogen-bond acceptors (Lipinski definition) is 4. The van der Waals surface area contributed by atoms with Crippen molar-refractivity contribution in [3.05, 3.63) is 46.5 Å². The number of anilines is 1. The number of aryl methyl sites for hydroxylation is 2. The fourth-order valence-corrected chi connectivity index (χ4v) is 3.45. The Morgan fingerprint density at radius 3 is 2.82 bits per heavy atom. The van der Waals surface area contributed by atoms with Crippen LogP contribution in [0.4, 0.5) is 5.69 Å². The van der Waals surface area contributed by atoms with Gasteiger partial charge in [0.05, 0.1) is 5.69 Å². The highest BCUT2D eigenvalue weighted by molar-refractivity contribution is 6.05. The molecule has 2 aromatic rings. The first-order valence-corrected chi connectivity index (χ1v) is 9.76. The summed E-state index contributed by atoms with van der Waals surface area (Å²) in [5, 5.41) is 5.84. The summed E-state index contributed by atoms with van der Waals surface area (Å²) in [5.41, 5.74) is 4.03. The smallest absolute Gasteiger partial charge is 0.287 e. The van der Waals surface area contributed by atoms with Crippen molar-refractivity contribution in [3.63, 3.8) is 0 Å². The Morgan fingerprint density at radius 2 is 2.04 bits per heavy atom. The van der Waals surface area contributed by atoms with Crippen molar-refractivity contribution in [2.45, 2.75) is 46.1 Å². The molecule has 0 aliphatic carbocycles. The van der Waals surface area contributed by atoms with Crippen molar-refractivity contribution >= 4 is 17.5 Å². The number of rotatable bonds is 7. The molecule has 0 fully saturated rings. The van der Waals surface area contributed by atoms with Crippen molar-refractivity contribution in [2.24, 2.45) is 0 Å². The minimum Gasteiger partial charge on any atom is -0.385 e. The molecule has 1 aliphatic rings. The second-order valence-corrected chi connectivity index (χ2v) is 7.21.